The summed E-state index contributed by atoms with van der Waals surface area (Å²) < 4.78 is 0. The van der Waals surface area contributed by atoms with E-state index < -0.39 is 0 Å². The van der Waals surface area contributed by atoms with Gasteiger partial charge in [0.05, 0.1) is 0 Å². The number of rotatable bonds is 2. The average Bonchev–Trinajstić information content (AvgIpc) is 2.03. The molecule has 0 amide bonds. The van der Waals surface area contributed by atoms with Gasteiger partial charge in [-0.3, -0.25) is 4.99 Å². The van der Waals surface area contributed by atoms with Crippen LogP contribution in [0.3, 0.4) is 0 Å². The second-order valence-corrected chi connectivity index (χ2v) is 2.78. The highest BCUT2D eigenvalue weighted by atomic mass is 14.7. The van der Waals surface area contributed by atoms with Crippen LogP contribution in [0.25, 0.3) is 0 Å². The summed E-state index contributed by atoms with van der Waals surface area (Å²) in [5.74, 6) is 0. The molecule has 11 heavy (non-hydrogen) atoms. The Kier molecular flexibility index (Phi) is 2.84. The quantitative estimate of drug-likeness (QED) is 0.570. The van der Waals surface area contributed by atoms with Crippen molar-refractivity contribution in [1.29, 1.82) is 0 Å². The van der Waals surface area contributed by atoms with E-state index in [9.17, 15) is 0 Å². The van der Waals surface area contributed by atoms with E-state index in [4.69, 9.17) is 0 Å². The molecule has 1 nitrogen and oxygen atoms in total. The minimum atomic E-state index is 0.384. The first kappa shape index (κ1) is 7.99. The van der Waals surface area contributed by atoms with Crippen LogP contribution in [0.15, 0.2) is 35.3 Å². The van der Waals surface area contributed by atoms with E-state index in [1.54, 1.807) is 0 Å². The lowest BCUT2D eigenvalue weighted by Crippen LogP contribution is -1.89. The summed E-state index contributed by atoms with van der Waals surface area (Å²) in [5.41, 5.74) is 1.17. The summed E-state index contributed by atoms with van der Waals surface area (Å²) in [6.45, 7) is 4.14. The molecule has 0 spiro atoms. The molecule has 0 aromatic heterocycles. The molecule has 0 saturated heterocycles. The Morgan fingerprint density at radius 1 is 1.18 bits per heavy atom. The number of hydrogen-bond acceptors (Lipinski definition) is 1. The van der Waals surface area contributed by atoms with Crippen LogP contribution in [0.2, 0.25) is 0 Å². The van der Waals surface area contributed by atoms with Crippen LogP contribution in [0.5, 0.6) is 0 Å². The van der Waals surface area contributed by atoms with Gasteiger partial charge in [-0.2, -0.15) is 0 Å². The van der Waals surface area contributed by atoms with E-state index in [1.807, 2.05) is 36.5 Å². The van der Waals surface area contributed by atoms with Crippen LogP contribution in [0.1, 0.15) is 19.4 Å². The predicted octanol–water partition coefficient (Wildman–Crippen LogP) is 2.51. The first-order chi connectivity index (χ1) is 5.29. The zero-order chi connectivity index (χ0) is 8.10. The van der Waals surface area contributed by atoms with Gasteiger partial charge < -0.3 is 0 Å². The van der Waals surface area contributed by atoms with Gasteiger partial charge in [0.25, 0.3) is 0 Å². The molecular formula is C10H13N. The molecule has 0 N–H and O–H groups in total. The van der Waals surface area contributed by atoms with Crippen molar-refractivity contribution in [2.45, 2.75) is 19.9 Å². The molecule has 0 fully saturated rings. The van der Waals surface area contributed by atoms with E-state index in [1.165, 1.54) is 5.56 Å². The highest BCUT2D eigenvalue weighted by Gasteiger charge is 1.85. The highest BCUT2D eigenvalue weighted by molar-refractivity contribution is 5.79. The average molecular weight is 147 g/mol. The lowest BCUT2D eigenvalue weighted by Gasteiger charge is -1.94. The van der Waals surface area contributed by atoms with Crippen LogP contribution in [0.4, 0.5) is 0 Å². The van der Waals surface area contributed by atoms with E-state index in [0.29, 0.717) is 6.04 Å². The fraction of sp³-hybridized carbons (Fsp3) is 0.300. The number of nitrogens with zero attached hydrogens (tertiary/aromatic N) is 1. The Labute approximate surface area is 67.8 Å². The minimum Gasteiger partial charge on any atom is -0.290 e. The van der Waals surface area contributed by atoms with Crippen molar-refractivity contribution in [3.05, 3.63) is 35.9 Å². The highest BCUT2D eigenvalue weighted by Crippen LogP contribution is 1.95. The summed E-state index contributed by atoms with van der Waals surface area (Å²) in [6, 6.07) is 10.5. The van der Waals surface area contributed by atoms with Gasteiger partial charge in [0.15, 0.2) is 0 Å². The van der Waals surface area contributed by atoms with Crippen molar-refractivity contribution in [3.63, 3.8) is 0 Å². The summed E-state index contributed by atoms with van der Waals surface area (Å²) in [6.07, 6.45) is 1.91. The normalized spacial score (nSPS) is 11.2. The van der Waals surface area contributed by atoms with E-state index >= 15 is 0 Å². The van der Waals surface area contributed by atoms with Crippen molar-refractivity contribution in [3.8, 4) is 0 Å². The zero-order valence-corrected chi connectivity index (χ0v) is 6.99. The molecule has 0 saturated carbocycles. The molecule has 0 aliphatic heterocycles. The maximum Gasteiger partial charge on any atom is 0.0443 e. The number of benzene rings is 1. The van der Waals surface area contributed by atoms with Gasteiger partial charge >= 0.3 is 0 Å². The maximum absolute atomic E-state index is 4.27. The van der Waals surface area contributed by atoms with E-state index in [2.05, 4.69) is 18.8 Å². The third kappa shape index (κ3) is 2.99. The largest absolute Gasteiger partial charge is 0.290 e. The topological polar surface area (TPSA) is 12.4 Å². The van der Waals surface area contributed by atoms with Crippen molar-refractivity contribution in [2.75, 3.05) is 0 Å². The Morgan fingerprint density at radius 2 is 1.82 bits per heavy atom. The molecule has 0 bridgehead atoms. The van der Waals surface area contributed by atoms with Gasteiger partial charge in [-0.1, -0.05) is 30.3 Å². The summed E-state index contributed by atoms with van der Waals surface area (Å²) in [4.78, 5) is 4.27. The molecule has 0 aliphatic carbocycles. The van der Waals surface area contributed by atoms with Gasteiger partial charge in [-0.25, -0.2) is 0 Å². The first-order valence-electron chi connectivity index (χ1n) is 3.87. The number of aliphatic imine (C=N–C) groups is 1. The van der Waals surface area contributed by atoms with Crippen molar-refractivity contribution >= 4 is 6.21 Å². The first-order valence-corrected chi connectivity index (χ1v) is 3.87. The molecule has 1 aromatic carbocycles. The molecular weight excluding hydrogens is 134 g/mol. The van der Waals surface area contributed by atoms with Crippen molar-refractivity contribution in [1.82, 2.24) is 0 Å². The van der Waals surface area contributed by atoms with Gasteiger partial charge in [-0.15, -0.1) is 0 Å². The van der Waals surface area contributed by atoms with Crippen LogP contribution < -0.4 is 0 Å². The molecule has 1 rings (SSSR count). The van der Waals surface area contributed by atoms with Gasteiger partial charge in [0.1, 0.15) is 0 Å². The SMILES string of the molecule is CC(C)N=Cc1ccccc1. The second-order valence-electron chi connectivity index (χ2n) is 2.78. The standard InChI is InChI=1S/C10H13N/c1-9(2)11-8-10-6-4-3-5-7-10/h3-9H,1-2H3. The van der Waals surface area contributed by atoms with Gasteiger partial charge in [-0.05, 0) is 19.4 Å². The Bertz CT molecular complexity index is 224. The third-order valence-corrected chi connectivity index (χ3v) is 1.32. The monoisotopic (exact) mass is 147 g/mol. The van der Waals surface area contributed by atoms with E-state index in [0.717, 1.165) is 0 Å². The Morgan fingerprint density at radius 3 is 2.36 bits per heavy atom. The molecule has 0 atom stereocenters. The predicted molar refractivity (Wildman–Crippen MR) is 49.2 cm³/mol. The fourth-order valence-corrected chi connectivity index (χ4v) is 0.774. The fourth-order valence-electron chi connectivity index (χ4n) is 0.774. The molecule has 0 heterocycles. The molecule has 0 aliphatic rings. The third-order valence-electron chi connectivity index (χ3n) is 1.32. The molecule has 58 valence electrons. The summed E-state index contributed by atoms with van der Waals surface area (Å²) in [7, 11) is 0. The van der Waals surface area contributed by atoms with Gasteiger partial charge in [0, 0.05) is 12.3 Å². The molecule has 1 aromatic rings. The molecule has 0 unspecified atom stereocenters. The van der Waals surface area contributed by atoms with Crippen LogP contribution >= 0.6 is 0 Å². The van der Waals surface area contributed by atoms with Gasteiger partial charge in [0.2, 0.25) is 0 Å². The molecule has 1 heteroatoms. The summed E-state index contributed by atoms with van der Waals surface area (Å²) in [5, 5.41) is 0. The molecule has 0 radical (unpaired) electrons. The lowest BCUT2D eigenvalue weighted by molar-refractivity contribution is 0.841. The summed E-state index contributed by atoms with van der Waals surface area (Å²) >= 11 is 0. The van der Waals surface area contributed by atoms with Crippen LogP contribution in [-0.2, 0) is 0 Å². The minimum absolute atomic E-state index is 0.384. The van der Waals surface area contributed by atoms with Crippen LogP contribution in [-0.4, -0.2) is 12.3 Å². The maximum atomic E-state index is 4.27. The smallest absolute Gasteiger partial charge is 0.0443 e. The Balaban J connectivity index is 2.65. The van der Waals surface area contributed by atoms with Crippen molar-refractivity contribution in [2.24, 2.45) is 4.99 Å². The van der Waals surface area contributed by atoms with E-state index in [-0.39, 0.29) is 0 Å². The van der Waals surface area contributed by atoms with Crippen molar-refractivity contribution < 1.29 is 0 Å². The second kappa shape index (κ2) is 3.91. The number of hydrogen-bond donors (Lipinski definition) is 0. The zero-order valence-electron chi connectivity index (χ0n) is 6.99. The lowest BCUT2D eigenvalue weighted by atomic mass is 10.2. The Hall–Kier alpha value is -1.11. The van der Waals surface area contributed by atoms with Crippen LogP contribution in [0, 0.1) is 0 Å².